The maximum Gasteiger partial charge on any atom is 0.224 e. The van der Waals surface area contributed by atoms with Crippen LogP contribution in [0.4, 0.5) is 0 Å². The fraction of sp³-hybridized carbons (Fsp3) is 0.800. The summed E-state index contributed by atoms with van der Waals surface area (Å²) in [4.78, 5) is 20.9. The van der Waals surface area contributed by atoms with Crippen LogP contribution < -0.4 is 0 Å². The quantitative estimate of drug-likeness (QED) is 0.779. The Morgan fingerprint density at radius 2 is 2.14 bits per heavy atom. The first-order chi connectivity index (χ1) is 10.8. The zero-order valence-corrected chi connectivity index (χ0v) is 13.2. The Balaban J connectivity index is 1.54. The van der Waals surface area contributed by atoms with E-state index in [1.54, 1.807) is 11.0 Å². The second kappa shape index (κ2) is 7.19. The van der Waals surface area contributed by atoms with Gasteiger partial charge in [0.05, 0.1) is 19.8 Å². The average molecular weight is 307 g/mol. The third kappa shape index (κ3) is 3.47. The molecular weight excluding hydrogens is 282 g/mol. The Bertz CT molecular complexity index is 472. The van der Waals surface area contributed by atoms with Crippen molar-refractivity contribution in [3.05, 3.63) is 12.7 Å². The summed E-state index contributed by atoms with van der Waals surface area (Å²) in [6.07, 6.45) is 4.77. The molecule has 0 aliphatic carbocycles. The highest BCUT2D eigenvalue weighted by Crippen LogP contribution is 2.26. The molecule has 2 aliphatic rings. The van der Waals surface area contributed by atoms with Gasteiger partial charge in [0.25, 0.3) is 0 Å². The molecule has 2 fully saturated rings. The van der Waals surface area contributed by atoms with Crippen LogP contribution in [0.1, 0.15) is 19.8 Å². The second-order valence-corrected chi connectivity index (χ2v) is 6.09. The van der Waals surface area contributed by atoms with Crippen molar-refractivity contribution >= 4 is 5.91 Å². The Morgan fingerprint density at radius 1 is 1.32 bits per heavy atom. The normalized spacial score (nSPS) is 26.5. The number of aromatic nitrogens is 3. The number of morpholine rings is 1. The number of carbonyl (C=O) groups is 1. The van der Waals surface area contributed by atoms with Crippen molar-refractivity contribution in [1.82, 2.24) is 24.6 Å². The van der Waals surface area contributed by atoms with E-state index in [4.69, 9.17) is 4.74 Å². The Kier molecular flexibility index (Phi) is 5.04. The highest BCUT2D eigenvalue weighted by molar-refractivity contribution is 5.76. The standard InChI is InChI=1S/C15H25N5O2/c1-2-13-9-19(10-14(13)18-5-7-22-8-6-18)15(21)3-4-20-12-16-11-17-20/h11-14H,2-10H2,1H3/t13-,14-/m1/s1. The van der Waals surface area contributed by atoms with Gasteiger partial charge in [-0.15, -0.1) is 0 Å². The zero-order chi connectivity index (χ0) is 15.4. The van der Waals surface area contributed by atoms with Gasteiger partial charge >= 0.3 is 0 Å². The summed E-state index contributed by atoms with van der Waals surface area (Å²) in [5, 5.41) is 4.05. The van der Waals surface area contributed by atoms with Crippen LogP contribution in [0.3, 0.4) is 0 Å². The van der Waals surface area contributed by atoms with E-state index in [1.165, 1.54) is 6.33 Å². The van der Waals surface area contributed by atoms with Gasteiger partial charge < -0.3 is 9.64 Å². The molecule has 22 heavy (non-hydrogen) atoms. The molecule has 122 valence electrons. The third-order valence-electron chi connectivity index (χ3n) is 4.82. The Morgan fingerprint density at radius 3 is 2.82 bits per heavy atom. The van der Waals surface area contributed by atoms with Crippen molar-refractivity contribution in [2.75, 3.05) is 39.4 Å². The molecule has 3 heterocycles. The monoisotopic (exact) mass is 307 g/mol. The summed E-state index contributed by atoms with van der Waals surface area (Å²) in [5.41, 5.74) is 0. The summed E-state index contributed by atoms with van der Waals surface area (Å²) in [6.45, 7) is 8.17. The third-order valence-corrected chi connectivity index (χ3v) is 4.82. The molecule has 1 amide bonds. The van der Waals surface area contributed by atoms with Crippen LogP contribution in [-0.4, -0.2) is 75.9 Å². The number of nitrogens with zero attached hydrogens (tertiary/aromatic N) is 5. The van der Waals surface area contributed by atoms with Crippen molar-refractivity contribution in [3.63, 3.8) is 0 Å². The molecule has 0 saturated carbocycles. The van der Waals surface area contributed by atoms with Crippen LogP contribution in [0.15, 0.2) is 12.7 Å². The summed E-state index contributed by atoms with van der Waals surface area (Å²) >= 11 is 0. The van der Waals surface area contributed by atoms with Crippen LogP contribution in [0.5, 0.6) is 0 Å². The first-order valence-electron chi connectivity index (χ1n) is 8.20. The minimum absolute atomic E-state index is 0.227. The van der Waals surface area contributed by atoms with E-state index in [-0.39, 0.29) is 5.91 Å². The van der Waals surface area contributed by atoms with Crippen molar-refractivity contribution in [2.45, 2.75) is 32.4 Å². The number of ether oxygens (including phenoxy) is 1. The smallest absolute Gasteiger partial charge is 0.224 e. The lowest BCUT2D eigenvalue weighted by molar-refractivity contribution is -0.130. The van der Waals surface area contributed by atoms with E-state index in [2.05, 4.69) is 21.9 Å². The topological polar surface area (TPSA) is 63.5 Å². The summed E-state index contributed by atoms with van der Waals surface area (Å²) in [5.74, 6) is 0.804. The van der Waals surface area contributed by atoms with Gasteiger partial charge in [-0.1, -0.05) is 13.3 Å². The molecule has 7 nitrogen and oxygen atoms in total. The highest BCUT2D eigenvalue weighted by atomic mass is 16.5. The summed E-state index contributed by atoms with van der Waals surface area (Å²) in [7, 11) is 0. The van der Waals surface area contributed by atoms with Gasteiger partial charge in [0, 0.05) is 38.6 Å². The van der Waals surface area contributed by atoms with Gasteiger partial charge in [-0.2, -0.15) is 5.10 Å². The van der Waals surface area contributed by atoms with E-state index in [1.807, 2.05) is 4.90 Å². The number of hydrogen-bond acceptors (Lipinski definition) is 5. The molecule has 7 heteroatoms. The van der Waals surface area contributed by atoms with Crippen molar-refractivity contribution in [2.24, 2.45) is 5.92 Å². The summed E-state index contributed by atoms with van der Waals surface area (Å²) in [6, 6.07) is 0.490. The van der Waals surface area contributed by atoms with Gasteiger partial charge in [-0.05, 0) is 5.92 Å². The number of rotatable bonds is 5. The van der Waals surface area contributed by atoms with Crippen LogP contribution in [-0.2, 0) is 16.1 Å². The first-order valence-corrected chi connectivity index (χ1v) is 8.20. The van der Waals surface area contributed by atoms with Crippen molar-refractivity contribution in [3.8, 4) is 0 Å². The number of hydrogen-bond donors (Lipinski definition) is 0. The van der Waals surface area contributed by atoms with Crippen LogP contribution in [0.2, 0.25) is 0 Å². The van der Waals surface area contributed by atoms with Gasteiger partial charge in [-0.25, -0.2) is 4.98 Å². The van der Waals surface area contributed by atoms with E-state index in [0.717, 1.165) is 45.8 Å². The summed E-state index contributed by atoms with van der Waals surface area (Å²) < 4.78 is 7.16. The lowest BCUT2D eigenvalue weighted by Gasteiger charge is -2.34. The van der Waals surface area contributed by atoms with Gasteiger partial charge in [0.15, 0.2) is 0 Å². The van der Waals surface area contributed by atoms with Crippen molar-refractivity contribution in [1.29, 1.82) is 0 Å². The highest BCUT2D eigenvalue weighted by Gasteiger charge is 2.37. The molecule has 0 radical (unpaired) electrons. The minimum atomic E-state index is 0.227. The maximum atomic E-state index is 12.5. The largest absolute Gasteiger partial charge is 0.379 e. The van der Waals surface area contributed by atoms with Crippen LogP contribution in [0.25, 0.3) is 0 Å². The first kappa shape index (κ1) is 15.4. The molecule has 2 atom stereocenters. The fourth-order valence-electron chi connectivity index (χ4n) is 3.50. The van der Waals surface area contributed by atoms with Crippen LogP contribution in [0, 0.1) is 5.92 Å². The molecule has 1 aromatic heterocycles. The minimum Gasteiger partial charge on any atom is -0.379 e. The van der Waals surface area contributed by atoms with Gasteiger partial charge in [0.1, 0.15) is 12.7 Å². The molecule has 0 bridgehead atoms. The number of likely N-dealkylation sites (tertiary alicyclic amines) is 1. The zero-order valence-electron chi connectivity index (χ0n) is 13.2. The number of carbonyl (C=O) groups excluding carboxylic acids is 1. The van der Waals surface area contributed by atoms with E-state index < -0.39 is 0 Å². The lowest BCUT2D eigenvalue weighted by atomic mass is 9.99. The predicted octanol–water partition coefficient (Wildman–Crippen LogP) is 0.237. The molecular formula is C15H25N5O2. The molecule has 0 spiro atoms. The lowest BCUT2D eigenvalue weighted by Crippen LogP contribution is -2.47. The molecule has 2 aliphatic heterocycles. The molecule has 3 rings (SSSR count). The average Bonchev–Trinajstić information content (AvgIpc) is 3.22. The molecule has 2 saturated heterocycles. The van der Waals surface area contributed by atoms with Gasteiger partial charge in [0.2, 0.25) is 5.91 Å². The molecule has 1 aromatic rings. The van der Waals surface area contributed by atoms with E-state index >= 15 is 0 Å². The molecule has 0 N–H and O–H groups in total. The predicted molar refractivity (Wildman–Crippen MR) is 81.2 cm³/mol. The van der Waals surface area contributed by atoms with Crippen LogP contribution >= 0.6 is 0 Å². The second-order valence-electron chi connectivity index (χ2n) is 6.09. The molecule has 0 unspecified atom stereocenters. The Hall–Kier alpha value is -1.47. The van der Waals surface area contributed by atoms with E-state index in [9.17, 15) is 4.79 Å². The van der Waals surface area contributed by atoms with E-state index in [0.29, 0.717) is 24.9 Å². The Labute approximate surface area is 131 Å². The number of amides is 1. The number of aryl methyl sites for hydroxylation is 1. The van der Waals surface area contributed by atoms with Gasteiger partial charge in [-0.3, -0.25) is 14.4 Å². The van der Waals surface area contributed by atoms with Crippen molar-refractivity contribution < 1.29 is 9.53 Å². The SMILES string of the molecule is CC[C@@H]1CN(C(=O)CCn2cncn2)C[C@H]1N1CCOCC1. The molecule has 0 aromatic carbocycles. The maximum absolute atomic E-state index is 12.5. The fourth-order valence-corrected chi connectivity index (χ4v) is 3.50.